The minimum absolute atomic E-state index is 0. The molecule has 28 heavy (non-hydrogen) atoms. The van der Waals surface area contributed by atoms with Crippen LogP contribution in [0.25, 0.3) is 0 Å². The third-order valence-electron chi connectivity index (χ3n) is 5.10. The van der Waals surface area contributed by atoms with Crippen molar-refractivity contribution < 1.29 is 13.2 Å². The lowest BCUT2D eigenvalue weighted by Gasteiger charge is -2.36. The van der Waals surface area contributed by atoms with Gasteiger partial charge in [0.1, 0.15) is 0 Å². The van der Waals surface area contributed by atoms with Gasteiger partial charge in [0.2, 0.25) is 0 Å². The van der Waals surface area contributed by atoms with Crippen LogP contribution in [0.2, 0.25) is 0 Å². The van der Waals surface area contributed by atoms with Gasteiger partial charge in [-0.05, 0) is 56.8 Å². The second kappa shape index (κ2) is 11.2. The molecule has 1 aliphatic rings. The van der Waals surface area contributed by atoms with Gasteiger partial charge in [-0.3, -0.25) is 4.99 Å². The number of likely N-dealkylation sites (tertiary alicyclic amines) is 1. The summed E-state index contributed by atoms with van der Waals surface area (Å²) in [5.74, 6) is 1.34. The van der Waals surface area contributed by atoms with Crippen LogP contribution < -0.4 is 5.32 Å². The summed E-state index contributed by atoms with van der Waals surface area (Å²) in [5.41, 5.74) is 0.195. The molecule has 8 heteroatoms. The summed E-state index contributed by atoms with van der Waals surface area (Å²) < 4.78 is 38.0. The molecular weight excluding hydrogens is 480 g/mol. The number of nitrogens with one attached hydrogen (secondary N) is 1. The topological polar surface area (TPSA) is 30.9 Å². The molecule has 1 fully saturated rings. The van der Waals surface area contributed by atoms with Crippen molar-refractivity contribution in [2.45, 2.75) is 45.5 Å². The van der Waals surface area contributed by atoms with Crippen LogP contribution in [0.3, 0.4) is 0 Å². The first-order valence-electron chi connectivity index (χ1n) is 9.52. The van der Waals surface area contributed by atoms with E-state index in [-0.39, 0.29) is 24.0 Å². The van der Waals surface area contributed by atoms with Crippen LogP contribution >= 0.6 is 24.0 Å². The quantitative estimate of drug-likeness (QED) is 0.360. The summed E-state index contributed by atoms with van der Waals surface area (Å²) >= 11 is 0. The van der Waals surface area contributed by atoms with Crippen molar-refractivity contribution in [3.05, 3.63) is 35.4 Å². The zero-order valence-corrected chi connectivity index (χ0v) is 19.4. The van der Waals surface area contributed by atoms with Gasteiger partial charge in [-0.15, -0.1) is 24.0 Å². The Balaban J connectivity index is 0.00000392. The van der Waals surface area contributed by atoms with Crippen molar-refractivity contribution in [1.82, 2.24) is 15.1 Å². The zero-order chi connectivity index (χ0) is 20.0. The van der Waals surface area contributed by atoms with Crippen LogP contribution in [-0.4, -0.2) is 55.5 Å². The maximum Gasteiger partial charge on any atom is 0.416 e. The van der Waals surface area contributed by atoms with Crippen LogP contribution in [0.1, 0.15) is 37.8 Å². The molecule has 0 radical (unpaired) electrons. The van der Waals surface area contributed by atoms with E-state index in [0.717, 1.165) is 43.3 Å². The Morgan fingerprint density at radius 1 is 1.29 bits per heavy atom. The molecule has 0 amide bonds. The van der Waals surface area contributed by atoms with Crippen molar-refractivity contribution in [3.63, 3.8) is 0 Å². The molecule has 1 aromatic rings. The molecule has 0 bridgehead atoms. The Hall–Kier alpha value is -1.03. The van der Waals surface area contributed by atoms with Crippen LogP contribution in [0.4, 0.5) is 13.2 Å². The third kappa shape index (κ3) is 7.42. The number of piperidine rings is 1. The second-order valence-electron chi connectivity index (χ2n) is 7.58. The lowest BCUT2D eigenvalue weighted by molar-refractivity contribution is -0.137. The van der Waals surface area contributed by atoms with Crippen molar-refractivity contribution in [2.24, 2.45) is 10.9 Å². The zero-order valence-electron chi connectivity index (χ0n) is 17.1. The minimum Gasteiger partial charge on any atom is -0.356 e. The lowest BCUT2D eigenvalue weighted by Crippen LogP contribution is -2.46. The Morgan fingerprint density at radius 2 is 1.93 bits per heavy atom. The molecule has 1 aromatic carbocycles. The normalized spacial score (nSPS) is 18.7. The number of rotatable bonds is 5. The molecule has 1 unspecified atom stereocenters. The van der Waals surface area contributed by atoms with Crippen LogP contribution in [-0.2, 0) is 12.7 Å². The summed E-state index contributed by atoms with van der Waals surface area (Å²) in [6.07, 6.45) is -1.88. The molecule has 0 aliphatic carbocycles. The maximum absolute atomic E-state index is 12.7. The molecular formula is C20H32F3IN4. The third-order valence-corrected chi connectivity index (χ3v) is 5.10. The smallest absolute Gasteiger partial charge is 0.356 e. The molecule has 0 spiro atoms. The molecule has 4 nitrogen and oxygen atoms in total. The van der Waals surface area contributed by atoms with E-state index in [2.05, 4.69) is 29.1 Å². The average molecular weight is 512 g/mol. The first-order valence-corrected chi connectivity index (χ1v) is 9.52. The number of aliphatic imine (C=N–C) groups is 1. The van der Waals surface area contributed by atoms with Gasteiger partial charge in [-0.1, -0.05) is 12.1 Å². The van der Waals surface area contributed by atoms with E-state index < -0.39 is 11.7 Å². The fourth-order valence-electron chi connectivity index (χ4n) is 3.50. The number of hydrogen-bond donors (Lipinski definition) is 1. The van der Waals surface area contributed by atoms with E-state index in [9.17, 15) is 13.2 Å². The molecule has 1 heterocycles. The van der Waals surface area contributed by atoms with Gasteiger partial charge in [0, 0.05) is 39.8 Å². The first-order chi connectivity index (χ1) is 12.7. The number of nitrogens with zero attached hydrogens (tertiary/aromatic N) is 3. The van der Waals surface area contributed by atoms with Crippen LogP contribution in [0.5, 0.6) is 0 Å². The van der Waals surface area contributed by atoms with Gasteiger partial charge in [0.15, 0.2) is 5.96 Å². The van der Waals surface area contributed by atoms with E-state index in [4.69, 9.17) is 0 Å². The predicted octanol–water partition coefficient (Wildman–Crippen LogP) is 4.45. The summed E-state index contributed by atoms with van der Waals surface area (Å²) in [6, 6.07) is 5.86. The molecule has 0 saturated carbocycles. The van der Waals surface area contributed by atoms with Gasteiger partial charge in [-0.25, -0.2) is 0 Å². The fourth-order valence-corrected chi connectivity index (χ4v) is 3.50. The summed E-state index contributed by atoms with van der Waals surface area (Å²) in [6.45, 7) is 8.06. The molecule has 1 N–H and O–H groups in total. The Bertz CT molecular complexity index is 617. The predicted molar refractivity (Wildman–Crippen MR) is 119 cm³/mol. The number of hydrogen-bond acceptors (Lipinski definition) is 2. The molecule has 2 rings (SSSR count). The van der Waals surface area contributed by atoms with Gasteiger partial charge >= 0.3 is 6.18 Å². The summed E-state index contributed by atoms with van der Waals surface area (Å²) in [4.78, 5) is 8.76. The van der Waals surface area contributed by atoms with Gasteiger partial charge < -0.3 is 15.1 Å². The monoisotopic (exact) mass is 512 g/mol. The van der Waals surface area contributed by atoms with E-state index in [1.807, 2.05) is 11.9 Å². The highest BCUT2D eigenvalue weighted by Crippen LogP contribution is 2.29. The summed E-state index contributed by atoms with van der Waals surface area (Å²) in [7, 11) is 3.63. The van der Waals surface area contributed by atoms with Crippen LogP contribution in [0, 0.1) is 5.92 Å². The van der Waals surface area contributed by atoms with Crippen molar-refractivity contribution in [1.29, 1.82) is 0 Å². The van der Waals surface area contributed by atoms with Crippen molar-refractivity contribution in [3.8, 4) is 0 Å². The standard InChI is InChI=1S/C20H31F3N4.HI/c1-15(2)27-11-5-6-17(14-27)12-25-19(24-3)26(4)13-16-7-9-18(10-8-16)20(21,22)23;/h7-10,15,17H,5-6,11-14H2,1-4H3,(H,24,25);1H. The molecule has 160 valence electrons. The number of guanidine groups is 1. The highest BCUT2D eigenvalue weighted by molar-refractivity contribution is 14.0. The Morgan fingerprint density at radius 3 is 2.46 bits per heavy atom. The van der Waals surface area contributed by atoms with Gasteiger partial charge in [-0.2, -0.15) is 13.2 Å². The second-order valence-corrected chi connectivity index (χ2v) is 7.58. The minimum atomic E-state index is -4.30. The van der Waals surface area contributed by atoms with E-state index in [1.165, 1.54) is 25.0 Å². The van der Waals surface area contributed by atoms with E-state index in [1.54, 1.807) is 7.05 Å². The highest BCUT2D eigenvalue weighted by atomic mass is 127. The Labute approximate surface area is 183 Å². The maximum atomic E-state index is 12.7. The Kier molecular flexibility index (Phi) is 10.0. The highest BCUT2D eigenvalue weighted by Gasteiger charge is 2.30. The fraction of sp³-hybridized carbons (Fsp3) is 0.650. The van der Waals surface area contributed by atoms with Gasteiger partial charge in [0.25, 0.3) is 0 Å². The van der Waals surface area contributed by atoms with Gasteiger partial charge in [0.05, 0.1) is 5.56 Å². The number of benzene rings is 1. The summed E-state index contributed by atoms with van der Waals surface area (Å²) in [5, 5.41) is 3.42. The average Bonchev–Trinajstić information content (AvgIpc) is 2.62. The largest absolute Gasteiger partial charge is 0.416 e. The molecule has 0 aromatic heterocycles. The number of alkyl halides is 3. The van der Waals surface area contributed by atoms with E-state index >= 15 is 0 Å². The van der Waals surface area contributed by atoms with Crippen molar-refractivity contribution in [2.75, 3.05) is 33.7 Å². The number of halogens is 4. The van der Waals surface area contributed by atoms with E-state index in [0.29, 0.717) is 18.5 Å². The first kappa shape index (κ1) is 25.0. The lowest BCUT2D eigenvalue weighted by atomic mass is 9.97. The molecule has 1 atom stereocenters. The van der Waals surface area contributed by atoms with Crippen LogP contribution in [0.15, 0.2) is 29.3 Å². The SMILES string of the molecule is CN=C(NCC1CCCN(C(C)C)C1)N(C)Cc1ccc(C(F)(F)F)cc1.I. The molecule has 1 aliphatic heterocycles. The van der Waals surface area contributed by atoms with Crippen molar-refractivity contribution >= 4 is 29.9 Å². The molecule has 1 saturated heterocycles.